The second kappa shape index (κ2) is 8.37. The van der Waals surface area contributed by atoms with Gasteiger partial charge in [0, 0.05) is 37.0 Å². The maximum atomic E-state index is 11.8. The van der Waals surface area contributed by atoms with Crippen LogP contribution in [0.3, 0.4) is 0 Å². The summed E-state index contributed by atoms with van der Waals surface area (Å²) in [5.41, 5.74) is 0. The van der Waals surface area contributed by atoms with Gasteiger partial charge in [0.15, 0.2) is 0 Å². The van der Waals surface area contributed by atoms with Gasteiger partial charge in [-0.15, -0.1) is 11.3 Å². The number of nitrogens with zero attached hydrogens (tertiary/aromatic N) is 2. The molecule has 0 spiro atoms. The van der Waals surface area contributed by atoms with Crippen molar-refractivity contribution in [2.45, 2.75) is 51.5 Å². The zero-order valence-electron chi connectivity index (χ0n) is 12.3. The minimum Gasteiger partial charge on any atom is -0.356 e. The van der Waals surface area contributed by atoms with Gasteiger partial charge in [0.05, 0.1) is 5.01 Å². The van der Waals surface area contributed by atoms with Crippen LogP contribution in [0.1, 0.15) is 44.0 Å². The molecule has 0 bridgehead atoms. The Morgan fingerprint density at radius 2 is 2.30 bits per heavy atom. The number of carbonyl (C=O) groups is 1. The lowest BCUT2D eigenvalue weighted by Crippen LogP contribution is -2.32. The molecule has 1 aliphatic heterocycles. The van der Waals surface area contributed by atoms with Gasteiger partial charge in [-0.25, -0.2) is 4.98 Å². The molecule has 1 N–H and O–H groups in total. The van der Waals surface area contributed by atoms with E-state index in [1.807, 2.05) is 11.6 Å². The van der Waals surface area contributed by atoms with Crippen LogP contribution in [0.25, 0.3) is 0 Å². The maximum absolute atomic E-state index is 11.8. The van der Waals surface area contributed by atoms with Crippen molar-refractivity contribution in [1.29, 1.82) is 0 Å². The highest BCUT2D eigenvalue weighted by Gasteiger charge is 2.18. The number of carbonyl (C=O) groups excluding carboxylic acids is 1. The fourth-order valence-electron chi connectivity index (χ4n) is 2.64. The number of aryl methyl sites for hydroxylation is 1. The summed E-state index contributed by atoms with van der Waals surface area (Å²) in [5, 5.41) is 6.16. The highest BCUT2D eigenvalue weighted by Crippen LogP contribution is 2.14. The highest BCUT2D eigenvalue weighted by atomic mass is 32.1. The molecule has 1 fully saturated rings. The number of hydrogen-bond acceptors (Lipinski definition) is 4. The Balaban J connectivity index is 1.51. The topological polar surface area (TPSA) is 45.2 Å². The van der Waals surface area contributed by atoms with Crippen LogP contribution in [0.5, 0.6) is 0 Å². The Bertz CT molecular complexity index is 388. The van der Waals surface area contributed by atoms with Crippen LogP contribution in [0, 0.1) is 0 Å². The third-order valence-electron chi connectivity index (χ3n) is 3.93. The standard InChI is InChI=1S/C15H25N3OS/c1-13(18-10-2-3-11-18)6-7-14(19)16-8-4-5-15-17-9-12-20-15/h9,12-13H,2-8,10-11H2,1H3,(H,16,19). The second-order valence-corrected chi connectivity index (χ2v) is 6.49. The second-order valence-electron chi connectivity index (χ2n) is 5.51. The summed E-state index contributed by atoms with van der Waals surface area (Å²) >= 11 is 1.68. The molecule has 1 atom stereocenters. The van der Waals surface area contributed by atoms with Gasteiger partial charge in [-0.2, -0.15) is 0 Å². The number of rotatable bonds is 8. The van der Waals surface area contributed by atoms with E-state index in [2.05, 4.69) is 22.1 Å². The van der Waals surface area contributed by atoms with Crippen LogP contribution < -0.4 is 5.32 Å². The van der Waals surface area contributed by atoms with E-state index in [0.29, 0.717) is 12.5 Å². The molecule has 1 aliphatic rings. The largest absolute Gasteiger partial charge is 0.356 e. The number of thiazole rings is 1. The third-order valence-corrected chi connectivity index (χ3v) is 4.77. The zero-order chi connectivity index (χ0) is 14.2. The summed E-state index contributed by atoms with van der Waals surface area (Å²) in [4.78, 5) is 18.5. The highest BCUT2D eigenvalue weighted by molar-refractivity contribution is 7.09. The lowest BCUT2D eigenvalue weighted by molar-refractivity contribution is -0.121. The zero-order valence-corrected chi connectivity index (χ0v) is 13.1. The van der Waals surface area contributed by atoms with E-state index in [9.17, 15) is 4.79 Å². The average molecular weight is 295 g/mol. The number of likely N-dealkylation sites (tertiary alicyclic amines) is 1. The Kier molecular flexibility index (Phi) is 6.47. The molecule has 4 nitrogen and oxygen atoms in total. The van der Waals surface area contributed by atoms with Crippen molar-refractivity contribution in [3.05, 3.63) is 16.6 Å². The van der Waals surface area contributed by atoms with Crippen LogP contribution >= 0.6 is 11.3 Å². The molecule has 2 heterocycles. The lowest BCUT2D eigenvalue weighted by Gasteiger charge is -2.23. The summed E-state index contributed by atoms with van der Waals surface area (Å²) in [7, 11) is 0. The molecule has 112 valence electrons. The van der Waals surface area contributed by atoms with Gasteiger partial charge in [0.25, 0.3) is 0 Å². The van der Waals surface area contributed by atoms with Gasteiger partial charge in [-0.1, -0.05) is 0 Å². The van der Waals surface area contributed by atoms with E-state index in [4.69, 9.17) is 0 Å². The van der Waals surface area contributed by atoms with Gasteiger partial charge in [0.1, 0.15) is 0 Å². The van der Waals surface area contributed by atoms with Crippen molar-refractivity contribution in [3.63, 3.8) is 0 Å². The van der Waals surface area contributed by atoms with E-state index in [-0.39, 0.29) is 5.91 Å². The van der Waals surface area contributed by atoms with Crippen LogP contribution in [-0.4, -0.2) is 41.5 Å². The summed E-state index contributed by atoms with van der Waals surface area (Å²) < 4.78 is 0. The van der Waals surface area contributed by atoms with Gasteiger partial charge in [0.2, 0.25) is 5.91 Å². The molecule has 20 heavy (non-hydrogen) atoms. The van der Waals surface area contributed by atoms with Crippen molar-refractivity contribution in [3.8, 4) is 0 Å². The van der Waals surface area contributed by atoms with E-state index < -0.39 is 0 Å². The van der Waals surface area contributed by atoms with Crippen LogP contribution in [0.15, 0.2) is 11.6 Å². The molecule has 1 aromatic heterocycles. The van der Waals surface area contributed by atoms with Crippen molar-refractivity contribution in [1.82, 2.24) is 15.2 Å². The quantitative estimate of drug-likeness (QED) is 0.749. The molecular weight excluding hydrogens is 270 g/mol. The molecule has 0 saturated carbocycles. The van der Waals surface area contributed by atoms with Gasteiger partial charge >= 0.3 is 0 Å². The Morgan fingerprint density at radius 3 is 3.00 bits per heavy atom. The normalized spacial score (nSPS) is 17.2. The van der Waals surface area contributed by atoms with Crippen LogP contribution in [-0.2, 0) is 11.2 Å². The molecule has 1 amide bonds. The fourth-order valence-corrected chi connectivity index (χ4v) is 3.30. The number of amides is 1. The van der Waals surface area contributed by atoms with Gasteiger partial charge in [-0.05, 0) is 45.7 Å². The predicted molar refractivity (Wildman–Crippen MR) is 82.9 cm³/mol. The molecular formula is C15H25N3OS. The van der Waals surface area contributed by atoms with Gasteiger partial charge in [-0.3, -0.25) is 4.79 Å². The SMILES string of the molecule is CC(CCC(=O)NCCCc1nccs1)N1CCCC1. The first-order chi connectivity index (χ1) is 9.75. The third kappa shape index (κ3) is 5.21. The molecule has 1 unspecified atom stereocenters. The molecule has 1 aromatic rings. The molecule has 0 aromatic carbocycles. The molecule has 0 radical (unpaired) electrons. The van der Waals surface area contributed by atoms with Gasteiger partial charge < -0.3 is 10.2 Å². The van der Waals surface area contributed by atoms with E-state index in [0.717, 1.165) is 30.8 Å². The minimum absolute atomic E-state index is 0.190. The molecule has 5 heteroatoms. The van der Waals surface area contributed by atoms with E-state index in [1.165, 1.54) is 25.9 Å². The molecule has 0 aliphatic carbocycles. The van der Waals surface area contributed by atoms with Crippen molar-refractivity contribution in [2.24, 2.45) is 0 Å². The number of aromatic nitrogens is 1. The van der Waals surface area contributed by atoms with Crippen molar-refractivity contribution >= 4 is 17.2 Å². The summed E-state index contributed by atoms with van der Waals surface area (Å²) in [5.74, 6) is 0.190. The fraction of sp³-hybridized carbons (Fsp3) is 0.733. The Hall–Kier alpha value is -0.940. The Labute approximate surface area is 125 Å². The summed E-state index contributed by atoms with van der Waals surface area (Å²) in [6.07, 6.45) is 8.01. The van der Waals surface area contributed by atoms with Crippen LogP contribution in [0.2, 0.25) is 0 Å². The first-order valence-corrected chi connectivity index (χ1v) is 8.53. The molecule has 2 rings (SSSR count). The average Bonchev–Trinajstić information content (AvgIpc) is 3.13. The monoisotopic (exact) mass is 295 g/mol. The van der Waals surface area contributed by atoms with E-state index >= 15 is 0 Å². The first-order valence-electron chi connectivity index (χ1n) is 7.65. The first kappa shape index (κ1) is 15.4. The smallest absolute Gasteiger partial charge is 0.220 e. The maximum Gasteiger partial charge on any atom is 0.220 e. The van der Waals surface area contributed by atoms with Crippen molar-refractivity contribution in [2.75, 3.05) is 19.6 Å². The lowest BCUT2D eigenvalue weighted by atomic mass is 10.1. The Morgan fingerprint density at radius 1 is 1.50 bits per heavy atom. The minimum atomic E-state index is 0.190. The van der Waals surface area contributed by atoms with Crippen molar-refractivity contribution < 1.29 is 4.79 Å². The van der Waals surface area contributed by atoms with Crippen LogP contribution in [0.4, 0.5) is 0 Å². The summed E-state index contributed by atoms with van der Waals surface area (Å²) in [6.45, 7) is 5.41. The number of nitrogens with one attached hydrogen (secondary N) is 1. The molecule has 1 saturated heterocycles. The summed E-state index contributed by atoms with van der Waals surface area (Å²) in [6, 6.07) is 0.540. The van der Waals surface area contributed by atoms with E-state index in [1.54, 1.807) is 11.3 Å². The number of hydrogen-bond donors (Lipinski definition) is 1. The predicted octanol–water partition coefficient (Wildman–Crippen LogP) is 2.46.